The maximum Gasteiger partial charge on any atom is 0.247 e. The van der Waals surface area contributed by atoms with Crippen molar-refractivity contribution in [3.05, 3.63) is 53.1 Å². The lowest BCUT2D eigenvalue weighted by Gasteiger charge is -2.19. The normalized spacial score (nSPS) is 11.4. The first-order valence-electron chi connectivity index (χ1n) is 8.56. The number of ether oxygens (including phenoxy) is 1. The first-order chi connectivity index (χ1) is 12.8. The monoisotopic (exact) mass is 410 g/mol. The van der Waals surface area contributed by atoms with Gasteiger partial charge in [0.05, 0.1) is 13.2 Å². The molecule has 2 aromatic carbocycles. The lowest BCUT2D eigenvalue weighted by atomic mass is 10.1. The molecule has 0 radical (unpaired) electrons. The summed E-state index contributed by atoms with van der Waals surface area (Å²) in [5.41, 5.74) is 1.65. The average molecular weight is 411 g/mol. The number of likely N-dealkylation sites (N-methyl/N-ethyl adjacent to an activating group) is 1. The molecule has 2 rings (SSSR count). The fourth-order valence-corrected chi connectivity index (χ4v) is 4.07. The van der Waals surface area contributed by atoms with Gasteiger partial charge in [-0.05, 0) is 43.2 Å². The number of para-hydroxylation sites is 1. The summed E-state index contributed by atoms with van der Waals surface area (Å²) in [5, 5.41) is 3.03. The molecule has 8 heteroatoms. The number of hydrogen-bond donors (Lipinski definition) is 1. The Morgan fingerprint density at radius 3 is 2.56 bits per heavy atom. The van der Waals surface area contributed by atoms with E-state index in [-0.39, 0.29) is 22.2 Å². The predicted molar refractivity (Wildman–Crippen MR) is 107 cm³/mol. The summed E-state index contributed by atoms with van der Waals surface area (Å²) in [5.74, 6) is -0.229. The number of nitrogens with one attached hydrogen (secondary N) is 1. The molecular weight excluding hydrogens is 388 g/mol. The van der Waals surface area contributed by atoms with Crippen LogP contribution in [0.4, 0.5) is 5.69 Å². The zero-order valence-corrected chi connectivity index (χ0v) is 17.1. The van der Waals surface area contributed by atoms with E-state index in [1.165, 1.54) is 19.2 Å². The molecule has 1 N–H and O–H groups in total. The third-order valence-electron chi connectivity index (χ3n) is 3.93. The lowest BCUT2D eigenvalue weighted by molar-refractivity contribution is -0.116. The number of sulfonamides is 1. The Morgan fingerprint density at radius 1 is 1.19 bits per heavy atom. The maximum atomic E-state index is 12.9. The highest BCUT2D eigenvalue weighted by atomic mass is 35.5. The van der Waals surface area contributed by atoms with E-state index in [1.807, 2.05) is 25.1 Å². The van der Waals surface area contributed by atoms with Gasteiger partial charge in [-0.25, -0.2) is 8.42 Å². The van der Waals surface area contributed by atoms with Crippen LogP contribution in [-0.2, 0) is 21.2 Å². The highest BCUT2D eigenvalue weighted by molar-refractivity contribution is 7.89. The number of hydrogen-bond acceptors (Lipinski definition) is 4. The fraction of sp³-hybridized carbons (Fsp3) is 0.316. The molecule has 27 heavy (non-hydrogen) atoms. The van der Waals surface area contributed by atoms with Crippen LogP contribution < -0.4 is 10.1 Å². The average Bonchev–Trinajstić information content (AvgIpc) is 2.63. The highest BCUT2D eigenvalue weighted by Crippen LogP contribution is 2.29. The zero-order chi connectivity index (χ0) is 20.0. The molecule has 0 saturated carbocycles. The van der Waals surface area contributed by atoms with E-state index >= 15 is 0 Å². The number of nitrogens with zero attached hydrogens (tertiary/aromatic N) is 1. The Labute approximate surface area is 165 Å². The van der Waals surface area contributed by atoms with E-state index in [2.05, 4.69) is 5.32 Å². The summed E-state index contributed by atoms with van der Waals surface area (Å²) >= 11 is 5.96. The summed E-state index contributed by atoms with van der Waals surface area (Å²) in [6, 6.07) is 11.8. The summed E-state index contributed by atoms with van der Waals surface area (Å²) < 4.78 is 32.2. The number of carbonyl (C=O) groups is 1. The molecule has 0 saturated heterocycles. The molecule has 0 heterocycles. The van der Waals surface area contributed by atoms with Gasteiger partial charge in [0.15, 0.2) is 0 Å². The molecule has 2 aromatic rings. The molecule has 0 aromatic heterocycles. The Hall–Kier alpha value is -2.09. The van der Waals surface area contributed by atoms with Gasteiger partial charge in [-0.3, -0.25) is 4.79 Å². The Kier molecular flexibility index (Phi) is 7.24. The van der Waals surface area contributed by atoms with Crippen molar-refractivity contribution in [1.82, 2.24) is 4.31 Å². The SMILES string of the molecule is CCOc1ccc(Cl)cc1S(=O)(=O)N(C)CC(=O)Nc1ccccc1CC. The summed E-state index contributed by atoms with van der Waals surface area (Å²) in [7, 11) is -2.61. The molecule has 0 bridgehead atoms. The van der Waals surface area contributed by atoms with Crippen LogP contribution in [0.1, 0.15) is 19.4 Å². The van der Waals surface area contributed by atoms with Crippen molar-refractivity contribution in [2.75, 3.05) is 25.5 Å². The third-order valence-corrected chi connectivity index (χ3v) is 5.99. The first-order valence-corrected chi connectivity index (χ1v) is 10.4. The van der Waals surface area contributed by atoms with E-state index in [0.29, 0.717) is 12.3 Å². The van der Waals surface area contributed by atoms with Crippen LogP contribution in [0.5, 0.6) is 5.75 Å². The van der Waals surface area contributed by atoms with E-state index in [1.54, 1.807) is 19.1 Å². The fourth-order valence-electron chi connectivity index (χ4n) is 2.55. The van der Waals surface area contributed by atoms with E-state index in [0.717, 1.165) is 16.3 Å². The van der Waals surface area contributed by atoms with E-state index < -0.39 is 15.9 Å². The summed E-state index contributed by atoms with van der Waals surface area (Å²) in [4.78, 5) is 12.3. The number of carbonyl (C=O) groups excluding carboxylic acids is 1. The molecule has 146 valence electrons. The summed E-state index contributed by atoms with van der Waals surface area (Å²) in [6.07, 6.45) is 0.755. The van der Waals surface area contributed by atoms with Crippen LogP contribution >= 0.6 is 11.6 Å². The van der Waals surface area contributed by atoms with Crippen LogP contribution in [0.25, 0.3) is 0 Å². The van der Waals surface area contributed by atoms with Gasteiger partial charge in [-0.1, -0.05) is 36.7 Å². The van der Waals surface area contributed by atoms with Crippen molar-refractivity contribution in [3.63, 3.8) is 0 Å². The van der Waals surface area contributed by atoms with Crippen LogP contribution in [0.3, 0.4) is 0 Å². The highest BCUT2D eigenvalue weighted by Gasteiger charge is 2.27. The summed E-state index contributed by atoms with van der Waals surface area (Å²) in [6.45, 7) is 3.71. The van der Waals surface area contributed by atoms with Crippen molar-refractivity contribution < 1.29 is 17.9 Å². The second kappa shape index (κ2) is 9.21. The van der Waals surface area contributed by atoms with Crippen LogP contribution in [0.2, 0.25) is 5.02 Å². The molecule has 0 fully saturated rings. The van der Waals surface area contributed by atoms with E-state index in [9.17, 15) is 13.2 Å². The van der Waals surface area contributed by atoms with Crippen LogP contribution in [0, 0.1) is 0 Å². The first kappa shape index (κ1) is 21.2. The minimum atomic E-state index is -3.95. The quantitative estimate of drug-likeness (QED) is 0.721. The molecule has 0 aliphatic rings. The van der Waals surface area contributed by atoms with Crippen molar-refractivity contribution >= 4 is 33.2 Å². The van der Waals surface area contributed by atoms with Crippen LogP contribution in [0.15, 0.2) is 47.4 Å². The van der Waals surface area contributed by atoms with E-state index in [4.69, 9.17) is 16.3 Å². The van der Waals surface area contributed by atoms with Gasteiger partial charge in [0.1, 0.15) is 10.6 Å². The minimum absolute atomic E-state index is 0.0684. The van der Waals surface area contributed by atoms with Gasteiger partial charge in [-0.15, -0.1) is 0 Å². The molecule has 1 amide bonds. The number of rotatable bonds is 8. The van der Waals surface area contributed by atoms with Gasteiger partial charge in [0.2, 0.25) is 15.9 Å². The Balaban J connectivity index is 2.20. The van der Waals surface area contributed by atoms with Gasteiger partial charge >= 0.3 is 0 Å². The number of amides is 1. The Morgan fingerprint density at radius 2 is 1.89 bits per heavy atom. The zero-order valence-electron chi connectivity index (χ0n) is 15.5. The largest absolute Gasteiger partial charge is 0.492 e. The molecular formula is C19H23ClN2O4S. The van der Waals surface area contributed by atoms with Gasteiger partial charge in [0, 0.05) is 17.8 Å². The second-order valence-electron chi connectivity index (χ2n) is 5.84. The van der Waals surface area contributed by atoms with Crippen molar-refractivity contribution in [1.29, 1.82) is 0 Å². The lowest BCUT2D eigenvalue weighted by Crippen LogP contribution is -2.35. The predicted octanol–water partition coefficient (Wildman–Crippen LogP) is 3.56. The molecule has 0 aliphatic carbocycles. The van der Waals surface area contributed by atoms with Gasteiger partial charge in [0.25, 0.3) is 0 Å². The molecule has 0 aliphatic heterocycles. The molecule has 0 spiro atoms. The third kappa shape index (κ3) is 5.22. The van der Waals surface area contributed by atoms with Crippen molar-refractivity contribution in [2.45, 2.75) is 25.2 Å². The maximum absolute atomic E-state index is 12.9. The Bertz CT molecular complexity index is 916. The van der Waals surface area contributed by atoms with Crippen molar-refractivity contribution in [3.8, 4) is 5.75 Å². The van der Waals surface area contributed by atoms with Crippen molar-refractivity contribution in [2.24, 2.45) is 0 Å². The van der Waals surface area contributed by atoms with Gasteiger partial charge < -0.3 is 10.1 Å². The number of benzene rings is 2. The minimum Gasteiger partial charge on any atom is -0.492 e. The van der Waals surface area contributed by atoms with Crippen LogP contribution in [-0.4, -0.2) is 38.8 Å². The molecule has 6 nitrogen and oxygen atoms in total. The molecule has 0 atom stereocenters. The smallest absolute Gasteiger partial charge is 0.247 e. The van der Waals surface area contributed by atoms with Gasteiger partial charge in [-0.2, -0.15) is 4.31 Å². The second-order valence-corrected chi connectivity index (χ2v) is 8.29. The standard InChI is InChI=1S/C19H23ClN2O4S/c1-4-14-8-6-7-9-16(14)21-19(23)13-22(3)27(24,25)18-12-15(20)10-11-17(18)26-5-2/h6-12H,4-5,13H2,1-3H3,(H,21,23). The molecule has 0 unspecified atom stereocenters. The topological polar surface area (TPSA) is 75.7 Å². The number of anilines is 1. The number of halogens is 1. The number of aryl methyl sites for hydroxylation is 1.